The first-order chi connectivity index (χ1) is 10.3. The SMILES string of the molecule is CNC(CCCOc1ccc(OC)cc1)c1ccccc1. The Kier molecular flexibility index (Phi) is 6.10. The molecule has 1 unspecified atom stereocenters. The Morgan fingerprint density at radius 3 is 2.24 bits per heavy atom. The monoisotopic (exact) mass is 285 g/mol. The van der Waals surface area contributed by atoms with Crippen LogP contribution in [0.2, 0.25) is 0 Å². The number of benzene rings is 2. The maximum Gasteiger partial charge on any atom is 0.119 e. The molecule has 0 heterocycles. The van der Waals surface area contributed by atoms with Crippen LogP contribution in [0.3, 0.4) is 0 Å². The summed E-state index contributed by atoms with van der Waals surface area (Å²) < 4.78 is 10.9. The molecule has 2 aromatic carbocycles. The summed E-state index contributed by atoms with van der Waals surface area (Å²) in [5, 5.41) is 3.36. The molecule has 0 radical (unpaired) electrons. The molecule has 0 bridgehead atoms. The van der Waals surface area contributed by atoms with Crippen LogP contribution in [0.1, 0.15) is 24.4 Å². The van der Waals surface area contributed by atoms with E-state index in [2.05, 4.69) is 29.6 Å². The van der Waals surface area contributed by atoms with Gasteiger partial charge in [0.05, 0.1) is 13.7 Å². The van der Waals surface area contributed by atoms with Crippen molar-refractivity contribution in [2.24, 2.45) is 0 Å². The molecule has 0 saturated carbocycles. The van der Waals surface area contributed by atoms with Crippen molar-refractivity contribution >= 4 is 0 Å². The summed E-state index contributed by atoms with van der Waals surface area (Å²) >= 11 is 0. The van der Waals surface area contributed by atoms with Crippen LogP contribution < -0.4 is 14.8 Å². The van der Waals surface area contributed by atoms with Gasteiger partial charge in [0.15, 0.2) is 0 Å². The Labute approximate surface area is 126 Å². The van der Waals surface area contributed by atoms with Gasteiger partial charge >= 0.3 is 0 Å². The summed E-state index contributed by atoms with van der Waals surface area (Å²) in [4.78, 5) is 0. The normalized spacial score (nSPS) is 11.9. The lowest BCUT2D eigenvalue weighted by Gasteiger charge is -2.16. The van der Waals surface area contributed by atoms with E-state index in [0.29, 0.717) is 6.04 Å². The van der Waals surface area contributed by atoms with E-state index in [9.17, 15) is 0 Å². The second-order valence-electron chi connectivity index (χ2n) is 4.92. The first kappa shape index (κ1) is 15.4. The Hall–Kier alpha value is -2.00. The van der Waals surface area contributed by atoms with Crippen molar-refractivity contribution in [2.75, 3.05) is 20.8 Å². The molecule has 3 heteroatoms. The molecule has 0 fully saturated rings. The highest BCUT2D eigenvalue weighted by atomic mass is 16.5. The third-order valence-electron chi connectivity index (χ3n) is 3.52. The molecule has 0 aromatic heterocycles. The zero-order valence-electron chi connectivity index (χ0n) is 12.7. The highest BCUT2D eigenvalue weighted by Crippen LogP contribution is 2.19. The molecule has 3 nitrogen and oxygen atoms in total. The summed E-state index contributed by atoms with van der Waals surface area (Å²) in [5.41, 5.74) is 1.32. The molecule has 2 rings (SSSR count). The molecule has 1 atom stereocenters. The minimum atomic E-state index is 0.380. The van der Waals surface area contributed by atoms with Gasteiger partial charge in [-0.3, -0.25) is 0 Å². The van der Waals surface area contributed by atoms with Crippen LogP contribution in [0.25, 0.3) is 0 Å². The van der Waals surface area contributed by atoms with Gasteiger partial charge in [-0.25, -0.2) is 0 Å². The lowest BCUT2D eigenvalue weighted by Crippen LogP contribution is -2.17. The number of ether oxygens (including phenoxy) is 2. The van der Waals surface area contributed by atoms with E-state index in [-0.39, 0.29) is 0 Å². The van der Waals surface area contributed by atoms with Gasteiger partial charge in [-0.15, -0.1) is 0 Å². The van der Waals surface area contributed by atoms with Crippen molar-refractivity contribution in [3.63, 3.8) is 0 Å². The van der Waals surface area contributed by atoms with E-state index in [1.54, 1.807) is 7.11 Å². The lowest BCUT2D eigenvalue weighted by molar-refractivity contribution is 0.297. The van der Waals surface area contributed by atoms with Gasteiger partial charge in [-0.1, -0.05) is 30.3 Å². The molecule has 0 aliphatic heterocycles. The Bertz CT molecular complexity index is 511. The molecule has 2 aromatic rings. The molecular formula is C18H23NO2. The predicted octanol–water partition coefficient (Wildman–Crippen LogP) is 3.81. The van der Waals surface area contributed by atoms with Crippen LogP contribution in [0, 0.1) is 0 Å². The van der Waals surface area contributed by atoms with E-state index in [0.717, 1.165) is 30.9 Å². The maximum absolute atomic E-state index is 5.75. The van der Waals surface area contributed by atoms with E-state index in [1.807, 2.05) is 37.4 Å². The van der Waals surface area contributed by atoms with Gasteiger partial charge in [0.1, 0.15) is 11.5 Å². The van der Waals surface area contributed by atoms with Crippen LogP contribution >= 0.6 is 0 Å². The molecule has 0 aliphatic carbocycles. The third-order valence-corrected chi connectivity index (χ3v) is 3.52. The third kappa shape index (κ3) is 4.80. The number of hydrogen-bond acceptors (Lipinski definition) is 3. The van der Waals surface area contributed by atoms with Crippen molar-refractivity contribution in [1.82, 2.24) is 5.32 Å². The Morgan fingerprint density at radius 1 is 0.952 bits per heavy atom. The fraction of sp³-hybridized carbons (Fsp3) is 0.333. The molecule has 0 aliphatic rings. The van der Waals surface area contributed by atoms with Crippen LogP contribution in [0.4, 0.5) is 0 Å². The van der Waals surface area contributed by atoms with Gasteiger partial charge in [0.25, 0.3) is 0 Å². The minimum Gasteiger partial charge on any atom is -0.497 e. The highest BCUT2D eigenvalue weighted by molar-refractivity contribution is 5.31. The highest BCUT2D eigenvalue weighted by Gasteiger charge is 2.08. The van der Waals surface area contributed by atoms with Crippen molar-refractivity contribution in [3.8, 4) is 11.5 Å². The van der Waals surface area contributed by atoms with Gasteiger partial charge in [0, 0.05) is 6.04 Å². The standard InChI is InChI=1S/C18H23NO2/c1-19-18(15-7-4-3-5-8-15)9-6-14-21-17-12-10-16(20-2)11-13-17/h3-5,7-8,10-13,18-19H,6,9,14H2,1-2H3. The largest absolute Gasteiger partial charge is 0.497 e. The minimum absolute atomic E-state index is 0.380. The molecule has 0 amide bonds. The van der Waals surface area contributed by atoms with Crippen LogP contribution in [0.5, 0.6) is 11.5 Å². The van der Waals surface area contributed by atoms with Crippen molar-refractivity contribution < 1.29 is 9.47 Å². The van der Waals surface area contributed by atoms with E-state index in [1.165, 1.54) is 5.56 Å². The quantitative estimate of drug-likeness (QED) is 0.748. The first-order valence-corrected chi connectivity index (χ1v) is 7.32. The Morgan fingerprint density at radius 2 is 1.62 bits per heavy atom. The second-order valence-corrected chi connectivity index (χ2v) is 4.92. The lowest BCUT2D eigenvalue weighted by atomic mass is 10.0. The van der Waals surface area contributed by atoms with Gasteiger partial charge in [0.2, 0.25) is 0 Å². The molecule has 0 spiro atoms. The fourth-order valence-electron chi connectivity index (χ4n) is 2.31. The number of nitrogens with one attached hydrogen (secondary N) is 1. The topological polar surface area (TPSA) is 30.5 Å². The smallest absolute Gasteiger partial charge is 0.119 e. The summed E-state index contributed by atoms with van der Waals surface area (Å²) in [6.45, 7) is 0.720. The van der Waals surface area contributed by atoms with Gasteiger partial charge in [-0.05, 0) is 49.7 Å². The number of methoxy groups -OCH3 is 1. The number of hydrogen-bond donors (Lipinski definition) is 1. The summed E-state index contributed by atoms with van der Waals surface area (Å²) in [5.74, 6) is 1.73. The van der Waals surface area contributed by atoms with E-state index in [4.69, 9.17) is 9.47 Å². The van der Waals surface area contributed by atoms with Crippen LogP contribution in [-0.4, -0.2) is 20.8 Å². The van der Waals surface area contributed by atoms with Crippen molar-refractivity contribution in [2.45, 2.75) is 18.9 Å². The predicted molar refractivity (Wildman–Crippen MR) is 86.0 cm³/mol. The zero-order chi connectivity index (χ0) is 14.9. The van der Waals surface area contributed by atoms with Crippen molar-refractivity contribution in [3.05, 3.63) is 60.2 Å². The second kappa shape index (κ2) is 8.32. The fourth-order valence-corrected chi connectivity index (χ4v) is 2.31. The molecular weight excluding hydrogens is 262 g/mol. The molecule has 21 heavy (non-hydrogen) atoms. The van der Waals surface area contributed by atoms with Gasteiger partial charge < -0.3 is 14.8 Å². The summed E-state index contributed by atoms with van der Waals surface area (Å²) in [6.07, 6.45) is 2.06. The first-order valence-electron chi connectivity index (χ1n) is 7.32. The summed E-state index contributed by atoms with van der Waals surface area (Å²) in [7, 11) is 3.67. The summed E-state index contributed by atoms with van der Waals surface area (Å²) in [6, 6.07) is 18.6. The maximum atomic E-state index is 5.75. The zero-order valence-corrected chi connectivity index (χ0v) is 12.7. The van der Waals surface area contributed by atoms with E-state index >= 15 is 0 Å². The average molecular weight is 285 g/mol. The van der Waals surface area contributed by atoms with Gasteiger partial charge in [-0.2, -0.15) is 0 Å². The van der Waals surface area contributed by atoms with E-state index < -0.39 is 0 Å². The molecule has 112 valence electrons. The average Bonchev–Trinajstić information content (AvgIpc) is 2.56. The van der Waals surface area contributed by atoms with Crippen molar-refractivity contribution in [1.29, 1.82) is 0 Å². The van der Waals surface area contributed by atoms with Crippen LogP contribution in [0.15, 0.2) is 54.6 Å². The Balaban J connectivity index is 1.75. The number of rotatable bonds is 8. The molecule has 1 N–H and O–H groups in total. The molecule has 0 saturated heterocycles. The van der Waals surface area contributed by atoms with Crippen LogP contribution in [-0.2, 0) is 0 Å².